The van der Waals surface area contributed by atoms with Gasteiger partial charge < -0.3 is 4.42 Å². The Morgan fingerprint density at radius 3 is 2.38 bits per heavy atom. The second-order valence-corrected chi connectivity index (χ2v) is 9.49. The van der Waals surface area contributed by atoms with E-state index < -0.39 is 17.7 Å². The molecule has 2 aromatic carbocycles. The molecule has 34 heavy (non-hydrogen) atoms. The van der Waals surface area contributed by atoms with Gasteiger partial charge in [0.25, 0.3) is 0 Å². The molecule has 3 aromatic rings. The topological polar surface area (TPSA) is 48.7 Å². The number of halogens is 3. The summed E-state index contributed by atoms with van der Waals surface area (Å²) in [6, 6.07) is 12.5. The summed E-state index contributed by atoms with van der Waals surface area (Å²) in [6.45, 7) is 7.39. The number of carbonyl (C=O) groups excluding carboxylic acids is 1. The number of furan rings is 1. The predicted molar refractivity (Wildman–Crippen MR) is 125 cm³/mol. The zero-order valence-corrected chi connectivity index (χ0v) is 20.3. The van der Waals surface area contributed by atoms with Crippen LogP contribution in [0.5, 0.6) is 5.75 Å². The second-order valence-electron chi connectivity index (χ2n) is 8.44. The van der Waals surface area contributed by atoms with Crippen molar-refractivity contribution in [2.45, 2.75) is 57.4 Å². The fourth-order valence-corrected chi connectivity index (χ4v) is 4.25. The van der Waals surface area contributed by atoms with E-state index in [2.05, 4.69) is 18.7 Å². The van der Waals surface area contributed by atoms with Gasteiger partial charge in [0.15, 0.2) is 5.75 Å². The van der Waals surface area contributed by atoms with E-state index >= 15 is 0 Å². The first-order valence-electron chi connectivity index (χ1n) is 10.9. The smallest absolute Gasteiger partial charge is 0.416 e. The summed E-state index contributed by atoms with van der Waals surface area (Å²) in [5.74, 6) is 2.47. The molecule has 0 aliphatic carbocycles. The maximum Gasteiger partial charge on any atom is 0.416 e. The van der Waals surface area contributed by atoms with Crippen molar-refractivity contribution in [2.24, 2.45) is 5.92 Å². The summed E-state index contributed by atoms with van der Waals surface area (Å²) >= 11 is 1.61. The number of carbonyl (C=O) groups is 1. The number of hydrogen-bond acceptors (Lipinski definition) is 5. The first-order chi connectivity index (χ1) is 16.0. The van der Waals surface area contributed by atoms with Crippen molar-refractivity contribution in [3.63, 3.8) is 0 Å². The van der Waals surface area contributed by atoms with Gasteiger partial charge in [-0.25, -0.2) is 4.79 Å². The van der Waals surface area contributed by atoms with Crippen LogP contribution in [-0.2, 0) is 28.0 Å². The van der Waals surface area contributed by atoms with Crippen LogP contribution in [-0.4, -0.2) is 5.97 Å². The fraction of sp³-hybridized carbons (Fsp3) is 0.346. The molecule has 0 fully saturated rings. The molecule has 1 aromatic heterocycles. The van der Waals surface area contributed by atoms with E-state index in [4.69, 9.17) is 9.30 Å². The van der Waals surface area contributed by atoms with Crippen molar-refractivity contribution in [1.29, 1.82) is 0 Å². The van der Waals surface area contributed by atoms with Crippen LogP contribution in [0.25, 0.3) is 11.3 Å². The number of rotatable bonds is 9. The summed E-state index contributed by atoms with van der Waals surface area (Å²) in [5.41, 5.74) is 1.76. The van der Waals surface area contributed by atoms with Crippen molar-refractivity contribution in [3.05, 3.63) is 71.0 Å². The van der Waals surface area contributed by atoms with E-state index in [-0.39, 0.29) is 0 Å². The van der Waals surface area contributed by atoms with Crippen LogP contribution in [0.2, 0.25) is 0 Å². The first kappa shape index (κ1) is 25.7. The molecule has 4 nitrogen and oxygen atoms in total. The Bertz CT molecular complexity index is 1120. The highest BCUT2D eigenvalue weighted by molar-refractivity contribution is 7.98. The molecule has 0 saturated carbocycles. The molecule has 0 aliphatic rings. The minimum absolute atomic E-state index is 0.463. The van der Waals surface area contributed by atoms with E-state index in [1.54, 1.807) is 17.8 Å². The zero-order valence-electron chi connectivity index (χ0n) is 19.5. The average molecular weight is 493 g/mol. The largest absolute Gasteiger partial charge is 0.461 e. The summed E-state index contributed by atoms with van der Waals surface area (Å²) in [7, 11) is 0. The van der Waals surface area contributed by atoms with Gasteiger partial charge in [0.1, 0.15) is 11.5 Å². The van der Waals surface area contributed by atoms with Gasteiger partial charge in [0.05, 0.1) is 5.56 Å². The lowest BCUT2D eigenvalue weighted by atomic mass is 10.1. The first-order valence-corrected chi connectivity index (χ1v) is 11.9. The lowest BCUT2D eigenvalue weighted by Crippen LogP contribution is -2.03. The number of aryl methyl sites for hydroxylation is 2. The molecule has 0 unspecified atom stereocenters. The molecule has 0 N–H and O–H groups in total. The highest BCUT2D eigenvalue weighted by Crippen LogP contribution is 2.35. The van der Waals surface area contributed by atoms with Crippen LogP contribution >= 0.6 is 11.8 Å². The van der Waals surface area contributed by atoms with Gasteiger partial charge in [-0.05, 0) is 61.2 Å². The van der Waals surface area contributed by atoms with E-state index in [0.29, 0.717) is 28.7 Å². The van der Waals surface area contributed by atoms with E-state index in [1.165, 1.54) is 19.1 Å². The quantitative estimate of drug-likeness (QED) is 0.172. The molecule has 0 saturated heterocycles. The Kier molecular flexibility index (Phi) is 8.36. The van der Waals surface area contributed by atoms with Crippen molar-refractivity contribution in [3.8, 4) is 17.1 Å². The molecule has 0 aliphatic heterocycles. The predicted octanol–water partition coefficient (Wildman–Crippen LogP) is 8.01. The molecule has 0 spiro atoms. The van der Waals surface area contributed by atoms with Crippen molar-refractivity contribution in [1.82, 2.24) is 0 Å². The van der Waals surface area contributed by atoms with Gasteiger partial charge >= 0.3 is 12.1 Å². The van der Waals surface area contributed by atoms with Gasteiger partial charge in [-0.1, -0.05) is 26.0 Å². The SMILES string of the molecule is CC(=O)OOc1ccc(SCc2cc(-c3ccc(C(F)(F)F)cc3)oc2CCC(C)C)cc1C. The number of thioether (sulfide) groups is 1. The van der Waals surface area contributed by atoms with Crippen LogP contribution < -0.4 is 4.89 Å². The third kappa shape index (κ3) is 7.06. The van der Waals surface area contributed by atoms with Crippen LogP contribution in [0.3, 0.4) is 0 Å². The third-order valence-corrected chi connectivity index (χ3v) is 6.17. The Balaban J connectivity index is 1.78. The standard InChI is InChI=1S/C26H27F3O4S/c1-16(2)5-11-24-20(14-25(31-24)19-6-8-21(9-7-19)26(27,28)29)15-34-22-10-12-23(17(3)13-22)33-32-18(4)30/h6-10,12-14,16H,5,11,15H2,1-4H3. The maximum absolute atomic E-state index is 12.9. The van der Waals surface area contributed by atoms with Crippen molar-refractivity contribution < 1.29 is 32.2 Å². The lowest BCUT2D eigenvalue weighted by molar-refractivity contribution is -0.211. The Labute approximate surface area is 201 Å². The van der Waals surface area contributed by atoms with Gasteiger partial charge in [0, 0.05) is 35.1 Å². The minimum atomic E-state index is -4.37. The monoisotopic (exact) mass is 492 g/mol. The molecule has 182 valence electrons. The number of alkyl halides is 3. The minimum Gasteiger partial charge on any atom is -0.461 e. The van der Waals surface area contributed by atoms with E-state index in [9.17, 15) is 18.0 Å². The van der Waals surface area contributed by atoms with E-state index in [0.717, 1.165) is 46.8 Å². The fourth-order valence-electron chi connectivity index (χ4n) is 3.26. The maximum atomic E-state index is 12.9. The highest BCUT2D eigenvalue weighted by atomic mass is 32.2. The van der Waals surface area contributed by atoms with Gasteiger partial charge in [-0.15, -0.1) is 11.8 Å². The molecule has 8 heteroatoms. The zero-order chi connectivity index (χ0) is 24.9. The molecule has 1 heterocycles. The third-order valence-electron chi connectivity index (χ3n) is 5.13. The molecular formula is C26H27F3O4S. The molecule has 0 radical (unpaired) electrons. The van der Waals surface area contributed by atoms with Crippen LogP contribution in [0.4, 0.5) is 13.2 Å². The second kappa shape index (κ2) is 11.0. The number of benzene rings is 2. The van der Waals surface area contributed by atoms with Gasteiger partial charge in [-0.3, -0.25) is 9.78 Å². The Morgan fingerprint density at radius 1 is 1.09 bits per heavy atom. The molecule has 0 bridgehead atoms. The molecule has 0 amide bonds. The van der Waals surface area contributed by atoms with Crippen LogP contribution in [0.1, 0.15) is 49.6 Å². The summed E-state index contributed by atoms with van der Waals surface area (Å²) < 4.78 is 44.8. The van der Waals surface area contributed by atoms with Crippen molar-refractivity contribution in [2.75, 3.05) is 0 Å². The van der Waals surface area contributed by atoms with Gasteiger partial charge in [-0.2, -0.15) is 13.2 Å². The molecule has 3 rings (SSSR count). The summed E-state index contributed by atoms with van der Waals surface area (Å²) in [4.78, 5) is 21.6. The molecular weight excluding hydrogens is 465 g/mol. The highest BCUT2D eigenvalue weighted by Gasteiger charge is 2.30. The Morgan fingerprint density at radius 2 is 1.79 bits per heavy atom. The molecule has 0 atom stereocenters. The summed E-state index contributed by atoms with van der Waals surface area (Å²) in [6.07, 6.45) is -2.68. The average Bonchev–Trinajstić information content (AvgIpc) is 3.18. The summed E-state index contributed by atoms with van der Waals surface area (Å²) in [5, 5.41) is 0. The lowest BCUT2D eigenvalue weighted by Gasteiger charge is -2.08. The van der Waals surface area contributed by atoms with Crippen LogP contribution in [0.15, 0.2) is 57.8 Å². The normalized spacial score (nSPS) is 11.6. The van der Waals surface area contributed by atoms with Gasteiger partial charge in [0.2, 0.25) is 0 Å². The van der Waals surface area contributed by atoms with Crippen LogP contribution in [0, 0.1) is 12.8 Å². The van der Waals surface area contributed by atoms with E-state index in [1.807, 2.05) is 25.1 Å². The number of hydrogen-bond donors (Lipinski definition) is 0. The van der Waals surface area contributed by atoms with Crippen molar-refractivity contribution >= 4 is 17.7 Å². The Hall–Kier alpha value is -2.87.